The van der Waals surface area contributed by atoms with Crippen molar-refractivity contribution in [3.05, 3.63) is 116 Å². The predicted molar refractivity (Wildman–Crippen MR) is 188 cm³/mol. The minimum Gasteiger partial charge on any atom is -0.508 e. The molecular formula is C32H25Cl5F6N2O5S. The third kappa shape index (κ3) is 16.2. The molecule has 0 aromatic heterocycles. The van der Waals surface area contributed by atoms with Gasteiger partial charge in [0.25, 0.3) is 0 Å². The summed E-state index contributed by atoms with van der Waals surface area (Å²) in [4.78, 5) is 23.7. The lowest BCUT2D eigenvalue weighted by molar-refractivity contribution is -0.138. The molecule has 2 amide bonds. The number of aryl methyl sites for hydroxylation is 2. The van der Waals surface area contributed by atoms with E-state index in [9.17, 15) is 41.0 Å². The van der Waals surface area contributed by atoms with E-state index >= 15 is 0 Å². The fourth-order valence-electron chi connectivity index (χ4n) is 3.97. The number of amides is 2. The quantitative estimate of drug-likeness (QED) is 0.104. The maximum atomic E-state index is 12.8. The number of hydrogen-bond donors (Lipinski definition) is 4. The Morgan fingerprint density at radius 2 is 1.00 bits per heavy atom. The maximum absolute atomic E-state index is 12.8. The fourth-order valence-corrected chi connectivity index (χ4v) is 4.62. The van der Waals surface area contributed by atoms with Gasteiger partial charge < -0.3 is 20.8 Å². The number of benzene rings is 4. The molecule has 0 saturated heterocycles. The third-order valence-electron chi connectivity index (χ3n) is 6.34. The number of phenolic OH excluding ortho intramolecular Hbond substituents is 2. The lowest BCUT2D eigenvalue weighted by atomic mass is 10.1. The molecule has 0 aliphatic heterocycles. The topological polar surface area (TPSA) is 116 Å². The standard InChI is InChI=1S/C16H12Cl2F3NO2.C16H13ClF3NO2.Cl2OS/c17-12-4-3-10(8-11(12)16(19,20)21)22-15(24)6-2-9-1-5-14(23)13(18)7-9;17-14-7-4-11(9-13(14)16(18,19)20)21-15(23)8-3-10-1-5-12(22)6-2-10;1-4(2)3/h1,3-5,7-8,23H,2,6H2,(H,22,24);1-2,4-7,9,22H,3,8H2,(H,21,23);. The van der Waals surface area contributed by atoms with Gasteiger partial charge in [0.2, 0.25) is 21.0 Å². The first kappa shape index (κ1) is 43.8. The fraction of sp³-hybridized carbons (Fsp3) is 0.188. The zero-order chi connectivity index (χ0) is 38.5. The van der Waals surface area contributed by atoms with Crippen LogP contribution in [0.1, 0.15) is 35.1 Å². The van der Waals surface area contributed by atoms with Crippen molar-refractivity contribution in [2.45, 2.75) is 38.0 Å². The van der Waals surface area contributed by atoms with Crippen LogP contribution in [-0.2, 0) is 44.0 Å². The van der Waals surface area contributed by atoms with Crippen LogP contribution >= 0.6 is 56.2 Å². The van der Waals surface area contributed by atoms with Crippen LogP contribution in [0.4, 0.5) is 37.7 Å². The first-order valence-electron chi connectivity index (χ1n) is 14.0. The van der Waals surface area contributed by atoms with E-state index in [0.29, 0.717) is 12.8 Å². The Bertz CT molecular complexity index is 1830. The lowest BCUT2D eigenvalue weighted by Gasteiger charge is -2.12. The predicted octanol–water partition coefficient (Wildman–Crippen LogP) is 11.0. The first-order chi connectivity index (χ1) is 23.6. The summed E-state index contributed by atoms with van der Waals surface area (Å²) in [5, 5.41) is 22.6. The molecule has 4 aromatic rings. The van der Waals surface area contributed by atoms with Gasteiger partial charge in [0, 0.05) is 45.6 Å². The number of hydrogen-bond acceptors (Lipinski definition) is 5. The van der Waals surface area contributed by atoms with Crippen LogP contribution in [0.25, 0.3) is 0 Å². The molecule has 276 valence electrons. The number of aromatic hydroxyl groups is 2. The van der Waals surface area contributed by atoms with Crippen molar-refractivity contribution >= 4 is 88.6 Å². The molecule has 4 N–H and O–H groups in total. The summed E-state index contributed by atoms with van der Waals surface area (Å²) in [5.41, 5.74) is -0.384. The number of carbonyl (C=O) groups excluding carboxylic acids is 2. The average molecular weight is 841 g/mol. The van der Waals surface area contributed by atoms with Crippen molar-refractivity contribution in [1.82, 2.24) is 0 Å². The van der Waals surface area contributed by atoms with E-state index in [1.54, 1.807) is 18.2 Å². The summed E-state index contributed by atoms with van der Waals surface area (Å²) in [7, 11) is 7.36. The Labute approximate surface area is 313 Å². The van der Waals surface area contributed by atoms with Gasteiger partial charge in [0.1, 0.15) is 11.5 Å². The van der Waals surface area contributed by atoms with Gasteiger partial charge in [-0.05, 0) is 84.6 Å². The zero-order valence-electron chi connectivity index (χ0n) is 25.5. The SMILES string of the molecule is O=C(CCc1ccc(O)c(Cl)c1)Nc1ccc(Cl)c(C(F)(F)F)c1.O=C(CCc1ccc(O)cc1)Nc1ccc(Cl)c(C(F)(F)F)c1.O=S(Cl)Cl. The Balaban J connectivity index is 0.000000320. The van der Waals surface area contributed by atoms with Crippen LogP contribution < -0.4 is 10.6 Å². The van der Waals surface area contributed by atoms with Crippen molar-refractivity contribution in [3.63, 3.8) is 0 Å². The lowest BCUT2D eigenvalue weighted by Crippen LogP contribution is -2.14. The van der Waals surface area contributed by atoms with Gasteiger partial charge in [0.15, 0.2) is 0 Å². The van der Waals surface area contributed by atoms with E-state index in [0.717, 1.165) is 35.4 Å². The molecule has 4 aromatic carbocycles. The van der Waals surface area contributed by atoms with Crippen LogP contribution in [-0.4, -0.2) is 26.2 Å². The molecular weight excluding hydrogens is 816 g/mol. The van der Waals surface area contributed by atoms with Gasteiger partial charge in [-0.2, -0.15) is 26.3 Å². The molecule has 0 unspecified atom stereocenters. The summed E-state index contributed by atoms with van der Waals surface area (Å²) in [6.45, 7) is 0. The van der Waals surface area contributed by atoms with E-state index in [1.807, 2.05) is 0 Å². The molecule has 0 atom stereocenters. The monoisotopic (exact) mass is 838 g/mol. The second-order valence-corrected chi connectivity index (χ2v) is 13.9. The van der Waals surface area contributed by atoms with Crippen LogP contribution in [0, 0.1) is 0 Å². The molecule has 0 spiro atoms. The van der Waals surface area contributed by atoms with Gasteiger partial charge in [-0.15, -0.1) is 0 Å². The smallest absolute Gasteiger partial charge is 0.417 e. The van der Waals surface area contributed by atoms with E-state index in [2.05, 4.69) is 32.0 Å². The van der Waals surface area contributed by atoms with E-state index in [1.165, 1.54) is 36.4 Å². The van der Waals surface area contributed by atoms with Gasteiger partial charge >= 0.3 is 12.4 Å². The molecule has 0 heterocycles. The second kappa shape index (κ2) is 20.0. The highest BCUT2D eigenvalue weighted by atomic mass is 36.0. The minimum atomic E-state index is -4.60. The van der Waals surface area contributed by atoms with Gasteiger partial charge in [-0.3, -0.25) is 9.59 Å². The number of carbonyl (C=O) groups is 2. The normalized spacial score (nSPS) is 11.1. The highest BCUT2D eigenvalue weighted by Gasteiger charge is 2.34. The first-order valence-corrected chi connectivity index (χ1v) is 17.9. The summed E-state index contributed by atoms with van der Waals surface area (Å²) >= 11 is 16.8. The van der Waals surface area contributed by atoms with Crippen molar-refractivity contribution in [2.75, 3.05) is 10.6 Å². The van der Waals surface area contributed by atoms with Crippen LogP contribution in [0.2, 0.25) is 15.1 Å². The largest absolute Gasteiger partial charge is 0.508 e. The Hall–Kier alpha value is -3.40. The summed E-state index contributed by atoms with van der Waals surface area (Å²) < 4.78 is 85.7. The molecule has 19 heteroatoms. The van der Waals surface area contributed by atoms with Gasteiger partial charge in [-0.1, -0.05) is 53.0 Å². The number of phenols is 2. The summed E-state index contributed by atoms with van der Waals surface area (Å²) in [5.74, 6) is -0.798. The highest BCUT2D eigenvalue weighted by molar-refractivity contribution is 8.26. The molecule has 0 aliphatic carbocycles. The van der Waals surface area contributed by atoms with Crippen molar-refractivity contribution in [2.24, 2.45) is 0 Å². The third-order valence-corrected chi connectivity index (χ3v) is 7.30. The number of nitrogens with one attached hydrogen (secondary N) is 2. The summed E-state index contributed by atoms with van der Waals surface area (Å²) in [6.07, 6.45) is -8.29. The average Bonchev–Trinajstić information content (AvgIpc) is 3.02. The van der Waals surface area contributed by atoms with E-state index < -0.39 is 54.6 Å². The van der Waals surface area contributed by atoms with Crippen LogP contribution in [0.15, 0.2) is 78.9 Å². The number of anilines is 2. The molecule has 0 saturated carbocycles. The molecule has 0 fully saturated rings. The molecule has 7 nitrogen and oxygen atoms in total. The maximum Gasteiger partial charge on any atom is 0.417 e. The molecule has 0 radical (unpaired) electrons. The Kier molecular flexibility index (Phi) is 17.2. The number of halogens is 11. The Morgan fingerprint density at radius 3 is 1.39 bits per heavy atom. The molecule has 0 aliphatic rings. The van der Waals surface area contributed by atoms with Crippen molar-refractivity contribution in [1.29, 1.82) is 0 Å². The van der Waals surface area contributed by atoms with Crippen LogP contribution in [0.3, 0.4) is 0 Å². The zero-order valence-corrected chi connectivity index (χ0v) is 30.1. The van der Waals surface area contributed by atoms with Crippen molar-refractivity contribution in [3.8, 4) is 11.5 Å². The van der Waals surface area contributed by atoms with Crippen LogP contribution in [0.5, 0.6) is 11.5 Å². The molecule has 4 rings (SSSR count). The number of rotatable bonds is 8. The number of alkyl halides is 6. The van der Waals surface area contributed by atoms with E-state index in [4.69, 9.17) is 44.1 Å². The van der Waals surface area contributed by atoms with Gasteiger partial charge in [-0.25, -0.2) is 4.21 Å². The Morgan fingerprint density at radius 1 is 0.608 bits per heavy atom. The minimum absolute atomic E-state index is 0.0143. The van der Waals surface area contributed by atoms with Gasteiger partial charge in [0.05, 0.1) is 26.2 Å². The van der Waals surface area contributed by atoms with E-state index in [-0.39, 0.29) is 40.7 Å². The highest BCUT2D eigenvalue weighted by Crippen LogP contribution is 2.37. The molecule has 0 bridgehead atoms. The second-order valence-electron chi connectivity index (χ2n) is 10.1. The van der Waals surface area contributed by atoms with Crippen molar-refractivity contribution < 1.29 is 50.4 Å². The summed E-state index contributed by atoms with van der Waals surface area (Å²) in [6, 6.07) is 17.3. The molecule has 51 heavy (non-hydrogen) atoms.